The fourth-order valence-corrected chi connectivity index (χ4v) is 2.97. The summed E-state index contributed by atoms with van der Waals surface area (Å²) in [6.45, 7) is 0. The van der Waals surface area contributed by atoms with Gasteiger partial charge in [-0.2, -0.15) is 0 Å². The Morgan fingerprint density at radius 2 is 1.60 bits per heavy atom. The molecule has 0 bridgehead atoms. The predicted molar refractivity (Wildman–Crippen MR) is 98.9 cm³/mol. The van der Waals surface area contributed by atoms with E-state index in [4.69, 9.17) is 0 Å². The molecule has 0 saturated heterocycles. The molecule has 2 aromatic heterocycles. The average molecular weight is 331 g/mol. The predicted octanol–water partition coefficient (Wildman–Crippen LogP) is 3.08. The largest absolute Gasteiger partial charge is 0.333 e. The highest BCUT2D eigenvalue weighted by molar-refractivity contribution is 5.92. The Hall–Kier alpha value is -3.41. The van der Waals surface area contributed by atoms with E-state index < -0.39 is 0 Å². The van der Waals surface area contributed by atoms with Crippen molar-refractivity contribution in [3.05, 3.63) is 71.3 Å². The van der Waals surface area contributed by atoms with Crippen LogP contribution in [0.2, 0.25) is 0 Å². The van der Waals surface area contributed by atoms with Crippen LogP contribution in [0.15, 0.2) is 65.7 Å². The summed E-state index contributed by atoms with van der Waals surface area (Å²) in [6, 6.07) is 17.5. The standard InChI is InChI=1S/C19H17N5O/c1-23-17(13-8-4-3-5-9-13)16(19(25)24(23)2)22-18-14-10-6-7-11-15(14)20-12-21-18/h3-12H,1-2H3,(H,20,21,22). The van der Waals surface area contributed by atoms with E-state index >= 15 is 0 Å². The summed E-state index contributed by atoms with van der Waals surface area (Å²) in [7, 11) is 3.62. The fraction of sp³-hybridized carbons (Fsp3) is 0.105. The van der Waals surface area contributed by atoms with Crippen LogP contribution in [0, 0.1) is 0 Å². The maximum atomic E-state index is 12.8. The first kappa shape index (κ1) is 15.1. The number of fused-ring (bicyclic) bond motifs is 1. The third-order valence-corrected chi connectivity index (χ3v) is 4.35. The van der Waals surface area contributed by atoms with Crippen molar-refractivity contribution in [2.45, 2.75) is 0 Å². The van der Waals surface area contributed by atoms with Gasteiger partial charge in [-0.15, -0.1) is 0 Å². The number of hydrogen-bond acceptors (Lipinski definition) is 4. The highest BCUT2D eigenvalue weighted by Gasteiger charge is 2.19. The Labute approximate surface area is 144 Å². The topological polar surface area (TPSA) is 64.7 Å². The molecule has 4 rings (SSSR count). The van der Waals surface area contributed by atoms with E-state index in [2.05, 4.69) is 15.3 Å². The zero-order valence-electron chi connectivity index (χ0n) is 14.0. The number of aromatic nitrogens is 4. The van der Waals surface area contributed by atoms with Crippen molar-refractivity contribution in [2.75, 3.05) is 5.32 Å². The lowest BCUT2D eigenvalue weighted by Gasteiger charge is -2.10. The highest BCUT2D eigenvalue weighted by Crippen LogP contribution is 2.29. The monoisotopic (exact) mass is 331 g/mol. The van der Waals surface area contributed by atoms with E-state index in [9.17, 15) is 4.79 Å². The number of nitrogens with zero attached hydrogens (tertiary/aromatic N) is 4. The highest BCUT2D eigenvalue weighted by atomic mass is 16.1. The molecule has 6 heteroatoms. The molecular formula is C19H17N5O. The molecule has 1 N–H and O–H groups in total. The zero-order chi connectivity index (χ0) is 17.4. The van der Waals surface area contributed by atoms with Crippen molar-refractivity contribution >= 4 is 22.4 Å². The van der Waals surface area contributed by atoms with Gasteiger partial charge >= 0.3 is 0 Å². The van der Waals surface area contributed by atoms with Crippen LogP contribution in [-0.2, 0) is 14.1 Å². The summed E-state index contributed by atoms with van der Waals surface area (Å²) in [5, 5.41) is 4.11. The van der Waals surface area contributed by atoms with Gasteiger partial charge in [0.2, 0.25) is 0 Å². The molecule has 0 amide bonds. The Bertz CT molecular complexity index is 1110. The van der Waals surface area contributed by atoms with Crippen LogP contribution in [0.4, 0.5) is 11.5 Å². The first-order valence-corrected chi connectivity index (χ1v) is 7.95. The van der Waals surface area contributed by atoms with Gasteiger partial charge in [-0.3, -0.25) is 14.2 Å². The SMILES string of the molecule is Cn1c(-c2ccccc2)c(Nc2ncnc3ccccc23)c(=O)n1C. The number of hydrogen-bond donors (Lipinski definition) is 1. The van der Waals surface area contributed by atoms with Crippen LogP contribution in [0.5, 0.6) is 0 Å². The van der Waals surface area contributed by atoms with E-state index in [-0.39, 0.29) is 5.56 Å². The van der Waals surface area contributed by atoms with Gasteiger partial charge in [-0.25, -0.2) is 9.97 Å². The average Bonchev–Trinajstić information content (AvgIpc) is 2.87. The van der Waals surface area contributed by atoms with Gasteiger partial charge in [0.25, 0.3) is 5.56 Å². The summed E-state index contributed by atoms with van der Waals surface area (Å²) >= 11 is 0. The number of rotatable bonds is 3. The number of benzene rings is 2. The molecule has 0 atom stereocenters. The molecular weight excluding hydrogens is 314 g/mol. The van der Waals surface area contributed by atoms with Crippen LogP contribution in [0.25, 0.3) is 22.2 Å². The van der Waals surface area contributed by atoms with Crippen molar-refractivity contribution in [2.24, 2.45) is 14.1 Å². The first-order chi connectivity index (χ1) is 12.2. The van der Waals surface area contributed by atoms with Gasteiger partial charge in [-0.1, -0.05) is 42.5 Å². The van der Waals surface area contributed by atoms with Gasteiger partial charge in [0.15, 0.2) is 0 Å². The molecule has 0 aliphatic carbocycles. The molecule has 0 aliphatic heterocycles. The van der Waals surface area contributed by atoms with E-state index in [0.29, 0.717) is 11.5 Å². The van der Waals surface area contributed by atoms with Gasteiger partial charge < -0.3 is 5.32 Å². The summed E-state index contributed by atoms with van der Waals surface area (Å²) in [5.41, 5.74) is 3.00. The van der Waals surface area contributed by atoms with Crippen molar-refractivity contribution in [1.29, 1.82) is 0 Å². The lowest BCUT2D eigenvalue weighted by atomic mass is 10.1. The van der Waals surface area contributed by atoms with Gasteiger partial charge in [0.05, 0.1) is 11.2 Å². The van der Waals surface area contributed by atoms with Crippen molar-refractivity contribution in [3.8, 4) is 11.3 Å². The van der Waals surface area contributed by atoms with Crippen molar-refractivity contribution < 1.29 is 0 Å². The van der Waals surface area contributed by atoms with Crippen molar-refractivity contribution in [3.63, 3.8) is 0 Å². The minimum absolute atomic E-state index is 0.107. The molecule has 124 valence electrons. The number of anilines is 2. The molecule has 0 radical (unpaired) electrons. The molecule has 4 aromatic rings. The molecule has 0 spiro atoms. The lowest BCUT2D eigenvalue weighted by Crippen LogP contribution is -2.18. The molecule has 6 nitrogen and oxygen atoms in total. The lowest BCUT2D eigenvalue weighted by molar-refractivity contribution is 0.584. The van der Waals surface area contributed by atoms with Gasteiger partial charge in [0.1, 0.15) is 17.8 Å². The molecule has 2 heterocycles. The minimum atomic E-state index is -0.107. The van der Waals surface area contributed by atoms with Crippen molar-refractivity contribution in [1.82, 2.24) is 19.3 Å². The summed E-state index contributed by atoms with van der Waals surface area (Å²) < 4.78 is 3.41. The van der Waals surface area contributed by atoms with E-state index in [1.54, 1.807) is 11.7 Å². The van der Waals surface area contributed by atoms with Crippen LogP contribution in [-0.4, -0.2) is 19.3 Å². The Kier molecular flexibility index (Phi) is 3.57. The Balaban J connectivity index is 1.92. The van der Waals surface area contributed by atoms with Crippen LogP contribution in [0.1, 0.15) is 0 Å². The first-order valence-electron chi connectivity index (χ1n) is 7.95. The smallest absolute Gasteiger partial charge is 0.290 e. The Morgan fingerprint density at radius 1 is 0.880 bits per heavy atom. The normalized spacial score (nSPS) is 11.0. The molecule has 0 aliphatic rings. The van der Waals surface area contributed by atoms with Gasteiger partial charge in [-0.05, 0) is 12.1 Å². The minimum Gasteiger partial charge on any atom is -0.333 e. The quantitative estimate of drug-likeness (QED) is 0.626. The number of nitrogens with one attached hydrogen (secondary N) is 1. The second-order valence-electron chi connectivity index (χ2n) is 5.81. The molecule has 0 fully saturated rings. The third-order valence-electron chi connectivity index (χ3n) is 4.35. The van der Waals surface area contributed by atoms with E-state index in [1.165, 1.54) is 6.33 Å². The van der Waals surface area contributed by atoms with E-state index in [1.807, 2.05) is 66.3 Å². The van der Waals surface area contributed by atoms with Crippen LogP contribution < -0.4 is 10.9 Å². The van der Waals surface area contributed by atoms with Gasteiger partial charge in [0, 0.05) is 25.0 Å². The van der Waals surface area contributed by atoms with Crippen LogP contribution >= 0.6 is 0 Å². The summed E-state index contributed by atoms with van der Waals surface area (Å²) in [5.74, 6) is 0.617. The molecule has 0 unspecified atom stereocenters. The summed E-state index contributed by atoms with van der Waals surface area (Å²) in [4.78, 5) is 21.4. The molecule has 0 saturated carbocycles. The molecule has 2 aromatic carbocycles. The second-order valence-corrected chi connectivity index (χ2v) is 5.81. The Morgan fingerprint density at radius 3 is 2.40 bits per heavy atom. The van der Waals surface area contributed by atoms with Crippen LogP contribution in [0.3, 0.4) is 0 Å². The zero-order valence-corrected chi connectivity index (χ0v) is 14.0. The maximum absolute atomic E-state index is 12.8. The maximum Gasteiger partial charge on any atom is 0.290 e. The third kappa shape index (κ3) is 2.48. The number of para-hydroxylation sites is 1. The fourth-order valence-electron chi connectivity index (χ4n) is 2.97. The summed E-state index contributed by atoms with van der Waals surface area (Å²) in [6.07, 6.45) is 1.50. The van der Waals surface area contributed by atoms with E-state index in [0.717, 1.165) is 22.2 Å². The molecule has 25 heavy (non-hydrogen) atoms. The second kappa shape index (κ2) is 5.90.